The lowest BCUT2D eigenvalue weighted by Crippen LogP contribution is -2.11. The minimum Gasteiger partial charge on any atom is -0.411 e. The van der Waals surface area contributed by atoms with Crippen molar-refractivity contribution < 1.29 is 5.21 Å². The number of hydrogen-bond acceptors (Lipinski definition) is 2. The lowest BCUT2D eigenvalue weighted by Gasteiger charge is -2.20. The molecule has 0 aliphatic heterocycles. The molecule has 0 spiro atoms. The molecule has 1 saturated carbocycles. The molecular weight excluding hydrogens is 210 g/mol. The number of oxime groups is 1. The van der Waals surface area contributed by atoms with Crippen LogP contribution in [-0.2, 0) is 5.41 Å². The highest BCUT2D eigenvalue weighted by Gasteiger charge is 2.25. The van der Waals surface area contributed by atoms with Crippen LogP contribution in [0.25, 0.3) is 0 Å². The topological polar surface area (TPSA) is 32.6 Å². The molecule has 0 saturated heterocycles. The molecule has 1 atom stereocenters. The van der Waals surface area contributed by atoms with Crippen LogP contribution in [0.3, 0.4) is 0 Å². The van der Waals surface area contributed by atoms with Crippen LogP contribution in [0.15, 0.2) is 29.4 Å². The Hall–Kier alpha value is -1.31. The Morgan fingerprint density at radius 2 is 1.82 bits per heavy atom. The first-order valence-electron chi connectivity index (χ1n) is 6.33. The second-order valence-corrected chi connectivity index (χ2v) is 5.91. The molecule has 0 radical (unpaired) electrons. The average molecular weight is 231 g/mol. The maximum atomic E-state index is 8.97. The van der Waals surface area contributed by atoms with E-state index in [0.29, 0.717) is 5.92 Å². The van der Waals surface area contributed by atoms with E-state index in [2.05, 4.69) is 50.2 Å². The largest absolute Gasteiger partial charge is 0.411 e. The minimum absolute atomic E-state index is 0.197. The van der Waals surface area contributed by atoms with Crippen LogP contribution in [0.1, 0.15) is 57.1 Å². The van der Waals surface area contributed by atoms with Gasteiger partial charge in [0.15, 0.2) is 0 Å². The number of nitrogens with zero attached hydrogens (tertiary/aromatic N) is 1. The Kier molecular flexibility index (Phi) is 3.23. The molecule has 1 aromatic carbocycles. The minimum atomic E-state index is 0.197. The van der Waals surface area contributed by atoms with Crippen molar-refractivity contribution in [3.63, 3.8) is 0 Å². The van der Waals surface area contributed by atoms with Gasteiger partial charge in [0.25, 0.3) is 0 Å². The second-order valence-electron chi connectivity index (χ2n) is 5.91. The highest BCUT2D eigenvalue weighted by molar-refractivity contribution is 5.92. The Morgan fingerprint density at radius 3 is 2.35 bits per heavy atom. The molecule has 92 valence electrons. The van der Waals surface area contributed by atoms with Crippen molar-refractivity contribution in [2.45, 2.75) is 51.4 Å². The molecule has 2 rings (SSSR count). The van der Waals surface area contributed by atoms with Gasteiger partial charge in [0.1, 0.15) is 0 Å². The van der Waals surface area contributed by atoms with Crippen LogP contribution in [-0.4, -0.2) is 10.9 Å². The van der Waals surface area contributed by atoms with Gasteiger partial charge in [-0.2, -0.15) is 0 Å². The van der Waals surface area contributed by atoms with Gasteiger partial charge < -0.3 is 5.21 Å². The van der Waals surface area contributed by atoms with E-state index in [9.17, 15) is 0 Å². The fraction of sp³-hybridized carbons (Fsp3) is 0.533. The lowest BCUT2D eigenvalue weighted by molar-refractivity contribution is 0.316. The first kappa shape index (κ1) is 12.2. The SMILES string of the molecule is CC(C)(C)c1ccc(C2CCCC2=NO)cc1. The van der Waals surface area contributed by atoms with Gasteiger partial charge in [-0.25, -0.2) is 0 Å². The normalized spacial score (nSPS) is 23.2. The van der Waals surface area contributed by atoms with Gasteiger partial charge in [-0.15, -0.1) is 0 Å². The third-order valence-electron chi connectivity index (χ3n) is 3.64. The molecule has 17 heavy (non-hydrogen) atoms. The first-order chi connectivity index (χ1) is 8.02. The van der Waals surface area contributed by atoms with Crippen LogP contribution in [0.2, 0.25) is 0 Å². The average Bonchev–Trinajstić information content (AvgIpc) is 2.76. The number of benzene rings is 1. The fourth-order valence-electron chi connectivity index (χ4n) is 2.52. The van der Waals surface area contributed by atoms with Gasteiger partial charge in [-0.05, 0) is 35.8 Å². The van der Waals surface area contributed by atoms with Crippen LogP contribution in [0, 0.1) is 0 Å². The van der Waals surface area contributed by atoms with Gasteiger partial charge in [0, 0.05) is 5.92 Å². The highest BCUT2D eigenvalue weighted by atomic mass is 16.4. The molecular formula is C15H21NO. The van der Waals surface area contributed by atoms with Crippen molar-refractivity contribution in [2.75, 3.05) is 0 Å². The third-order valence-corrected chi connectivity index (χ3v) is 3.64. The Morgan fingerprint density at radius 1 is 1.18 bits per heavy atom. The van der Waals surface area contributed by atoms with Gasteiger partial charge in [0.2, 0.25) is 0 Å². The zero-order valence-corrected chi connectivity index (χ0v) is 10.9. The summed E-state index contributed by atoms with van der Waals surface area (Å²) in [5, 5.41) is 12.4. The number of rotatable bonds is 1. The molecule has 1 unspecified atom stereocenters. The van der Waals surface area contributed by atoms with E-state index >= 15 is 0 Å². The summed E-state index contributed by atoms with van der Waals surface area (Å²) >= 11 is 0. The number of hydrogen-bond donors (Lipinski definition) is 1. The van der Waals surface area contributed by atoms with Gasteiger partial charge >= 0.3 is 0 Å². The molecule has 1 N–H and O–H groups in total. The predicted molar refractivity (Wildman–Crippen MR) is 71.0 cm³/mol. The van der Waals surface area contributed by atoms with Crippen LogP contribution < -0.4 is 0 Å². The molecule has 0 heterocycles. The molecule has 1 aliphatic rings. The molecule has 0 aromatic heterocycles. The molecule has 1 aliphatic carbocycles. The van der Waals surface area contributed by atoms with Crippen LogP contribution in [0.4, 0.5) is 0 Å². The summed E-state index contributed by atoms with van der Waals surface area (Å²) in [5.74, 6) is 0.328. The molecule has 1 aromatic rings. The van der Waals surface area contributed by atoms with Gasteiger partial charge in [-0.3, -0.25) is 0 Å². The van der Waals surface area contributed by atoms with Crippen LogP contribution >= 0.6 is 0 Å². The summed E-state index contributed by atoms with van der Waals surface area (Å²) in [6, 6.07) is 8.76. The molecule has 0 bridgehead atoms. The van der Waals surface area contributed by atoms with Gasteiger partial charge in [-0.1, -0.05) is 50.2 Å². The third kappa shape index (κ3) is 2.51. The smallest absolute Gasteiger partial charge is 0.0645 e. The van der Waals surface area contributed by atoms with Crippen molar-refractivity contribution in [1.29, 1.82) is 0 Å². The van der Waals surface area contributed by atoms with Crippen molar-refractivity contribution >= 4 is 5.71 Å². The molecule has 2 heteroatoms. The van der Waals surface area contributed by atoms with Crippen molar-refractivity contribution in [3.8, 4) is 0 Å². The summed E-state index contributed by atoms with van der Waals surface area (Å²) in [5.41, 5.74) is 3.76. The zero-order valence-electron chi connectivity index (χ0n) is 10.9. The quantitative estimate of drug-likeness (QED) is 0.573. The fourth-order valence-corrected chi connectivity index (χ4v) is 2.52. The second kappa shape index (κ2) is 4.52. The first-order valence-corrected chi connectivity index (χ1v) is 6.33. The van der Waals surface area contributed by atoms with E-state index in [4.69, 9.17) is 5.21 Å². The Bertz CT molecular complexity index is 412. The maximum absolute atomic E-state index is 8.97. The summed E-state index contributed by atoms with van der Waals surface area (Å²) < 4.78 is 0. The summed E-state index contributed by atoms with van der Waals surface area (Å²) in [6.45, 7) is 6.66. The zero-order chi connectivity index (χ0) is 12.5. The Balaban J connectivity index is 2.24. The van der Waals surface area contributed by atoms with E-state index < -0.39 is 0 Å². The highest BCUT2D eigenvalue weighted by Crippen LogP contribution is 2.33. The summed E-state index contributed by atoms with van der Waals surface area (Å²) in [4.78, 5) is 0. The monoisotopic (exact) mass is 231 g/mol. The van der Waals surface area contributed by atoms with E-state index in [1.165, 1.54) is 11.1 Å². The molecule has 0 amide bonds. The van der Waals surface area contributed by atoms with E-state index in [1.807, 2.05) is 0 Å². The summed E-state index contributed by atoms with van der Waals surface area (Å²) in [7, 11) is 0. The predicted octanol–water partition coefficient (Wildman–Crippen LogP) is 4.08. The summed E-state index contributed by atoms with van der Waals surface area (Å²) in [6.07, 6.45) is 3.17. The van der Waals surface area contributed by atoms with E-state index in [-0.39, 0.29) is 5.41 Å². The van der Waals surface area contributed by atoms with Crippen LogP contribution in [0.5, 0.6) is 0 Å². The van der Waals surface area contributed by atoms with Crippen molar-refractivity contribution in [2.24, 2.45) is 5.16 Å². The maximum Gasteiger partial charge on any atom is 0.0645 e. The lowest BCUT2D eigenvalue weighted by atomic mass is 9.85. The molecule has 2 nitrogen and oxygen atoms in total. The van der Waals surface area contributed by atoms with E-state index in [0.717, 1.165) is 25.0 Å². The van der Waals surface area contributed by atoms with Gasteiger partial charge in [0.05, 0.1) is 5.71 Å². The van der Waals surface area contributed by atoms with Crippen molar-refractivity contribution in [3.05, 3.63) is 35.4 Å². The van der Waals surface area contributed by atoms with E-state index in [1.54, 1.807) is 0 Å². The molecule has 1 fully saturated rings. The van der Waals surface area contributed by atoms with Crippen molar-refractivity contribution in [1.82, 2.24) is 0 Å². The Labute approximate surface area is 103 Å². The standard InChI is InChI=1S/C15H21NO/c1-15(2,3)12-9-7-11(8-10-12)13-5-4-6-14(13)16-17/h7-10,13,17H,4-6H2,1-3H3.